The van der Waals surface area contributed by atoms with Crippen molar-refractivity contribution >= 4 is 17.2 Å². The molecule has 5 heteroatoms. The fourth-order valence-electron chi connectivity index (χ4n) is 1.51. The second-order valence-electron chi connectivity index (χ2n) is 3.80. The molecule has 2 rings (SSSR count). The lowest BCUT2D eigenvalue weighted by atomic mass is 10.2. The molecule has 0 spiro atoms. The van der Waals surface area contributed by atoms with E-state index in [4.69, 9.17) is 4.74 Å². The van der Waals surface area contributed by atoms with Gasteiger partial charge in [0.1, 0.15) is 10.8 Å². The maximum Gasteiger partial charge on any atom is 0.251 e. The van der Waals surface area contributed by atoms with Crippen molar-refractivity contribution in [3.05, 3.63) is 45.9 Å². The number of aromatic nitrogens is 1. The average Bonchev–Trinajstić information content (AvgIpc) is 2.82. The first-order valence-electron chi connectivity index (χ1n) is 5.52. The van der Waals surface area contributed by atoms with Gasteiger partial charge in [-0.3, -0.25) is 4.79 Å². The summed E-state index contributed by atoms with van der Waals surface area (Å²) >= 11 is 1.54. The Morgan fingerprint density at radius 3 is 3.00 bits per heavy atom. The van der Waals surface area contributed by atoms with Gasteiger partial charge in [-0.2, -0.15) is 0 Å². The first kappa shape index (κ1) is 12.6. The summed E-state index contributed by atoms with van der Waals surface area (Å²) < 4.78 is 5.08. The molecule has 0 fully saturated rings. The van der Waals surface area contributed by atoms with Gasteiger partial charge in [0.2, 0.25) is 0 Å². The van der Waals surface area contributed by atoms with E-state index in [0.717, 1.165) is 10.7 Å². The summed E-state index contributed by atoms with van der Waals surface area (Å²) in [6.45, 7) is 2.39. The zero-order valence-electron chi connectivity index (χ0n) is 10.3. The first-order chi connectivity index (χ1) is 8.69. The molecule has 0 saturated heterocycles. The van der Waals surface area contributed by atoms with E-state index in [1.54, 1.807) is 42.7 Å². The molecule has 0 aliphatic rings. The Hall–Kier alpha value is -1.88. The fourth-order valence-corrected chi connectivity index (χ4v) is 2.22. The number of ether oxygens (including phenoxy) is 1. The molecule has 0 unspecified atom stereocenters. The van der Waals surface area contributed by atoms with E-state index in [0.29, 0.717) is 17.9 Å². The summed E-state index contributed by atoms with van der Waals surface area (Å²) in [6, 6.07) is 7.07. The lowest BCUT2D eigenvalue weighted by Crippen LogP contribution is -2.22. The molecule has 1 amide bonds. The minimum atomic E-state index is -0.123. The molecular formula is C13H14N2O2S. The van der Waals surface area contributed by atoms with Crippen LogP contribution >= 0.6 is 11.3 Å². The van der Waals surface area contributed by atoms with Gasteiger partial charge in [-0.15, -0.1) is 11.3 Å². The van der Waals surface area contributed by atoms with Gasteiger partial charge < -0.3 is 10.1 Å². The van der Waals surface area contributed by atoms with Gasteiger partial charge in [0.05, 0.1) is 13.7 Å². The van der Waals surface area contributed by atoms with Gasteiger partial charge in [0.25, 0.3) is 5.91 Å². The van der Waals surface area contributed by atoms with Crippen molar-refractivity contribution in [2.75, 3.05) is 7.11 Å². The standard InChI is InChI=1S/C13H14N2O2S/c1-9-8-18-12(15-9)7-14-13(16)10-4-3-5-11(6-10)17-2/h3-6,8H,7H2,1-2H3,(H,14,16). The summed E-state index contributed by atoms with van der Waals surface area (Å²) in [5.74, 6) is 0.550. The molecule has 4 nitrogen and oxygen atoms in total. The Morgan fingerprint density at radius 2 is 2.33 bits per heavy atom. The van der Waals surface area contributed by atoms with Crippen LogP contribution in [0, 0.1) is 6.92 Å². The monoisotopic (exact) mass is 262 g/mol. The second kappa shape index (κ2) is 5.64. The van der Waals surface area contributed by atoms with E-state index >= 15 is 0 Å². The number of hydrogen-bond acceptors (Lipinski definition) is 4. The van der Waals surface area contributed by atoms with Gasteiger partial charge in [0.15, 0.2) is 0 Å². The Morgan fingerprint density at radius 1 is 1.50 bits per heavy atom. The topological polar surface area (TPSA) is 51.2 Å². The number of amides is 1. The number of carbonyl (C=O) groups excluding carboxylic acids is 1. The Bertz CT molecular complexity index is 551. The summed E-state index contributed by atoms with van der Waals surface area (Å²) in [4.78, 5) is 16.2. The Balaban J connectivity index is 1.99. The number of aryl methyl sites for hydroxylation is 1. The highest BCUT2D eigenvalue weighted by Crippen LogP contribution is 2.13. The lowest BCUT2D eigenvalue weighted by Gasteiger charge is -2.05. The van der Waals surface area contributed by atoms with Crippen LogP contribution in [0.1, 0.15) is 21.1 Å². The SMILES string of the molecule is COc1cccc(C(=O)NCc2nc(C)cs2)c1. The Labute approximate surface area is 110 Å². The highest BCUT2D eigenvalue weighted by Gasteiger charge is 2.07. The van der Waals surface area contributed by atoms with Crippen molar-refractivity contribution in [1.29, 1.82) is 0 Å². The molecule has 1 aromatic heterocycles. The van der Waals surface area contributed by atoms with Crippen molar-refractivity contribution in [3.63, 3.8) is 0 Å². The van der Waals surface area contributed by atoms with Gasteiger partial charge in [-0.1, -0.05) is 6.07 Å². The molecule has 0 aliphatic heterocycles. The average molecular weight is 262 g/mol. The van der Waals surface area contributed by atoms with Crippen LogP contribution in [0.4, 0.5) is 0 Å². The van der Waals surface area contributed by atoms with Crippen molar-refractivity contribution in [2.24, 2.45) is 0 Å². The zero-order valence-corrected chi connectivity index (χ0v) is 11.1. The van der Waals surface area contributed by atoms with Crippen molar-refractivity contribution in [2.45, 2.75) is 13.5 Å². The molecule has 0 radical (unpaired) electrons. The van der Waals surface area contributed by atoms with E-state index < -0.39 is 0 Å². The summed E-state index contributed by atoms with van der Waals surface area (Å²) in [5.41, 5.74) is 1.56. The lowest BCUT2D eigenvalue weighted by molar-refractivity contribution is 0.0950. The second-order valence-corrected chi connectivity index (χ2v) is 4.74. The largest absolute Gasteiger partial charge is 0.497 e. The number of benzene rings is 1. The predicted octanol–water partition coefficient (Wildman–Crippen LogP) is 2.39. The predicted molar refractivity (Wildman–Crippen MR) is 71.0 cm³/mol. The van der Waals surface area contributed by atoms with Crippen LogP contribution in [0.5, 0.6) is 5.75 Å². The number of carbonyl (C=O) groups is 1. The maximum atomic E-state index is 11.9. The number of hydrogen-bond donors (Lipinski definition) is 1. The summed E-state index contributed by atoms with van der Waals surface area (Å²) in [6.07, 6.45) is 0. The molecule has 2 aromatic rings. The third-order valence-corrected chi connectivity index (χ3v) is 3.37. The third kappa shape index (κ3) is 3.07. The van der Waals surface area contributed by atoms with Crippen LogP contribution < -0.4 is 10.1 Å². The van der Waals surface area contributed by atoms with E-state index in [9.17, 15) is 4.79 Å². The zero-order chi connectivity index (χ0) is 13.0. The van der Waals surface area contributed by atoms with Crippen LogP contribution in [0.15, 0.2) is 29.6 Å². The van der Waals surface area contributed by atoms with Crippen LogP contribution in [-0.2, 0) is 6.54 Å². The Kier molecular flexibility index (Phi) is 3.94. The molecule has 0 aliphatic carbocycles. The van der Waals surface area contributed by atoms with E-state index in [-0.39, 0.29) is 5.91 Å². The van der Waals surface area contributed by atoms with E-state index in [2.05, 4.69) is 10.3 Å². The third-order valence-electron chi connectivity index (χ3n) is 2.40. The number of nitrogens with zero attached hydrogens (tertiary/aromatic N) is 1. The molecule has 0 saturated carbocycles. The maximum absolute atomic E-state index is 11.9. The smallest absolute Gasteiger partial charge is 0.251 e. The first-order valence-corrected chi connectivity index (χ1v) is 6.40. The quantitative estimate of drug-likeness (QED) is 0.920. The van der Waals surface area contributed by atoms with Crippen LogP contribution in [-0.4, -0.2) is 18.0 Å². The van der Waals surface area contributed by atoms with Crippen LogP contribution in [0.3, 0.4) is 0 Å². The molecule has 1 heterocycles. The fraction of sp³-hybridized carbons (Fsp3) is 0.231. The minimum Gasteiger partial charge on any atom is -0.497 e. The van der Waals surface area contributed by atoms with E-state index in [1.807, 2.05) is 12.3 Å². The minimum absolute atomic E-state index is 0.123. The molecule has 1 aromatic carbocycles. The summed E-state index contributed by atoms with van der Waals surface area (Å²) in [5, 5.41) is 5.70. The number of rotatable bonds is 4. The number of thiazole rings is 1. The van der Waals surface area contributed by atoms with Gasteiger partial charge in [-0.05, 0) is 25.1 Å². The molecule has 1 N–H and O–H groups in total. The van der Waals surface area contributed by atoms with Crippen molar-refractivity contribution < 1.29 is 9.53 Å². The molecule has 18 heavy (non-hydrogen) atoms. The normalized spacial score (nSPS) is 10.1. The van der Waals surface area contributed by atoms with Gasteiger partial charge in [0, 0.05) is 16.6 Å². The van der Waals surface area contributed by atoms with E-state index in [1.165, 1.54) is 0 Å². The number of methoxy groups -OCH3 is 1. The number of nitrogens with one attached hydrogen (secondary N) is 1. The van der Waals surface area contributed by atoms with Crippen molar-refractivity contribution in [3.8, 4) is 5.75 Å². The van der Waals surface area contributed by atoms with Crippen molar-refractivity contribution in [1.82, 2.24) is 10.3 Å². The van der Waals surface area contributed by atoms with Crippen LogP contribution in [0.25, 0.3) is 0 Å². The van der Waals surface area contributed by atoms with Crippen LogP contribution in [0.2, 0.25) is 0 Å². The van der Waals surface area contributed by atoms with Gasteiger partial charge in [-0.25, -0.2) is 4.98 Å². The molecular weight excluding hydrogens is 248 g/mol. The molecule has 0 atom stereocenters. The highest BCUT2D eigenvalue weighted by molar-refractivity contribution is 7.09. The highest BCUT2D eigenvalue weighted by atomic mass is 32.1. The summed E-state index contributed by atoms with van der Waals surface area (Å²) in [7, 11) is 1.58. The molecule has 94 valence electrons. The van der Waals surface area contributed by atoms with Gasteiger partial charge >= 0.3 is 0 Å². The molecule has 0 bridgehead atoms.